The van der Waals surface area contributed by atoms with Crippen molar-refractivity contribution in [2.45, 2.75) is 0 Å². The summed E-state index contributed by atoms with van der Waals surface area (Å²) >= 11 is 11.5. The monoisotopic (exact) mass is 377 g/mol. The van der Waals surface area contributed by atoms with Gasteiger partial charge >= 0.3 is 5.97 Å². The van der Waals surface area contributed by atoms with E-state index in [1.54, 1.807) is 0 Å². The third-order valence-electron chi connectivity index (χ3n) is 2.79. The molecule has 0 saturated heterocycles. The third kappa shape index (κ3) is 4.18. The van der Waals surface area contributed by atoms with Crippen LogP contribution in [0.4, 0.5) is 18.9 Å². The zero-order valence-corrected chi connectivity index (χ0v) is 13.2. The smallest absolute Gasteiger partial charge is 0.340 e. The van der Waals surface area contributed by atoms with Gasteiger partial charge in [0.05, 0.1) is 16.3 Å². The molecule has 126 valence electrons. The molecule has 2 rings (SSSR count). The third-order valence-corrected chi connectivity index (χ3v) is 3.36. The number of rotatable bonds is 4. The van der Waals surface area contributed by atoms with Gasteiger partial charge in [-0.05, 0) is 30.3 Å². The Hall–Kier alpha value is -2.25. The maximum Gasteiger partial charge on any atom is 0.340 e. The van der Waals surface area contributed by atoms with E-state index in [0.29, 0.717) is 6.07 Å². The number of carbonyl (C=O) groups excluding carboxylic acids is 2. The molecule has 0 bridgehead atoms. The Morgan fingerprint density at radius 3 is 2.46 bits per heavy atom. The van der Waals surface area contributed by atoms with Gasteiger partial charge in [-0.15, -0.1) is 0 Å². The molecule has 0 aromatic heterocycles. The molecule has 0 radical (unpaired) electrons. The summed E-state index contributed by atoms with van der Waals surface area (Å²) in [5, 5.41) is 2.26. The van der Waals surface area contributed by atoms with Gasteiger partial charge in [-0.2, -0.15) is 0 Å². The second-order valence-electron chi connectivity index (χ2n) is 4.47. The number of nitrogens with one attached hydrogen (secondary N) is 1. The lowest BCUT2D eigenvalue weighted by atomic mass is 10.2. The summed E-state index contributed by atoms with van der Waals surface area (Å²) < 4.78 is 44.0. The van der Waals surface area contributed by atoms with Crippen molar-refractivity contribution in [2.75, 3.05) is 11.9 Å². The van der Waals surface area contributed by atoms with E-state index in [1.165, 1.54) is 18.2 Å². The van der Waals surface area contributed by atoms with E-state index in [0.717, 1.165) is 6.07 Å². The largest absolute Gasteiger partial charge is 0.452 e. The zero-order chi connectivity index (χ0) is 17.9. The van der Waals surface area contributed by atoms with E-state index in [9.17, 15) is 22.8 Å². The predicted molar refractivity (Wildman–Crippen MR) is 81.7 cm³/mol. The molecular formula is C15H8Cl2F3NO3. The summed E-state index contributed by atoms with van der Waals surface area (Å²) in [6, 6.07) is 5.56. The van der Waals surface area contributed by atoms with Crippen LogP contribution in [-0.4, -0.2) is 18.5 Å². The van der Waals surface area contributed by atoms with Gasteiger partial charge in [0.15, 0.2) is 24.1 Å². The van der Waals surface area contributed by atoms with Gasteiger partial charge in [0.1, 0.15) is 0 Å². The number of benzene rings is 2. The number of esters is 1. The fourth-order valence-electron chi connectivity index (χ4n) is 1.67. The van der Waals surface area contributed by atoms with Crippen LogP contribution in [0, 0.1) is 17.5 Å². The molecule has 0 saturated carbocycles. The van der Waals surface area contributed by atoms with Crippen molar-refractivity contribution >= 4 is 40.8 Å². The number of anilines is 1. The summed E-state index contributed by atoms with van der Waals surface area (Å²) in [4.78, 5) is 23.4. The number of hydrogen-bond acceptors (Lipinski definition) is 3. The molecule has 0 atom stereocenters. The van der Waals surface area contributed by atoms with Gasteiger partial charge in [0.25, 0.3) is 5.91 Å². The highest BCUT2D eigenvalue weighted by molar-refractivity contribution is 6.35. The Bertz CT molecular complexity index is 815. The Morgan fingerprint density at radius 2 is 1.75 bits per heavy atom. The minimum absolute atomic E-state index is 0.0593. The van der Waals surface area contributed by atoms with E-state index >= 15 is 0 Å². The topological polar surface area (TPSA) is 55.4 Å². The predicted octanol–water partition coefficient (Wildman–Crippen LogP) is 4.21. The summed E-state index contributed by atoms with van der Waals surface area (Å²) in [6.45, 7) is -0.792. The second kappa shape index (κ2) is 7.55. The molecule has 1 amide bonds. The number of carbonyl (C=O) groups is 2. The fourth-order valence-corrected chi connectivity index (χ4v) is 2.04. The molecule has 9 heteroatoms. The van der Waals surface area contributed by atoms with Crippen molar-refractivity contribution in [1.82, 2.24) is 0 Å². The van der Waals surface area contributed by atoms with Crippen molar-refractivity contribution in [1.29, 1.82) is 0 Å². The van der Waals surface area contributed by atoms with E-state index < -0.39 is 41.6 Å². The normalized spacial score (nSPS) is 10.4. The quantitative estimate of drug-likeness (QED) is 0.641. The first-order valence-corrected chi connectivity index (χ1v) is 7.10. The van der Waals surface area contributed by atoms with Gasteiger partial charge in [0.2, 0.25) is 0 Å². The van der Waals surface area contributed by atoms with E-state index in [-0.39, 0.29) is 15.6 Å². The number of ether oxygens (including phenoxy) is 1. The molecule has 0 fully saturated rings. The van der Waals surface area contributed by atoms with Gasteiger partial charge < -0.3 is 10.1 Å². The Balaban J connectivity index is 2.00. The van der Waals surface area contributed by atoms with Crippen LogP contribution in [0.2, 0.25) is 10.0 Å². The first-order chi connectivity index (χ1) is 11.3. The second-order valence-corrected chi connectivity index (χ2v) is 5.32. The average Bonchev–Trinajstić information content (AvgIpc) is 2.55. The molecule has 0 aliphatic carbocycles. The van der Waals surface area contributed by atoms with E-state index in [1.807, 2.05) is 5.32 Å². The van der Waals surface area contributed by atoms with Crippen molar-refractivity contribution < 1.29 is 27.5 Å². The van der Waals surface area contributed by atoms with Crippen molar-refractivity contribution in [3.05, 3.63) is 63.4 Å². The molecule has 2 aromatic rings. The first kappa shape index (κ1) is 18.1. The number of amides is 1. The summed E-state index contributed by atoms with van der Waals surface area (Å²) in [5.41, 5.74) is -0.647. The van der Waals surface area contributed by atoms with Crippen LogP contribution in [0.25, 0.3) is 0 Å². The van der Waals surface area contributed by atoms with Crippen LogP contribution in [0.15, 0.2) is 30.3 Å². The minimum Gasteiger partial charge on any atom is -0.452 e. The van der Waals surface area contributed by atoms with Crippen molar-refractivity contribution in [3.63, 3.8) is 0 Å². The van der Waals surface area contributed by atoms with Gasteiger partial charge in [-0.3, -0.25) is 4.79 Å². The maximum atomic E-state index is 13.4. The van der Waals surface area contributed by atoms with Gasteiger partial charge in [-0.25, -0.2) is 18.0 Å². The summed E-state index contributed by atoms with van der Waals surface area (Å²) in [7, 11) is 0. The van der Waals surface area contributed by atoms with Crippen LogP contribution in [0.5, 0.6) is 0 Å². The highest BCUT2D eigenvalue weighted by Crippen LogP contribution is 2.22. The molecule has 2 aromatic carbocycles. The zero-order valence-electron chi connectivity index (χ0n) is 11.7. The minimum atomic E-state index is -1.73. The molecule has 1 N–H and O–H groups in total. The Kier molecular flexibility index (Phi) is 5.69. The number of halogens is 5. The molecule has 0 spiro atoms. The lowest BCUT2D eigenvalue weighted by Gasteiger charge is -2.09. The van der Waals surface area contributed by atoms with Crippen molar-refractivity contribution in [2.24, 2.45) is 0 Å². The van der Waals surface area contributed by atoms with E-state index in [4.69, 9.17) is 27.9 Å². The summed E-state index contributed by atoms with van der Waals surface area (Å²) in [5.74, 6) is -6.56. The molecule has 0 unspecified atom stereocenters. The molecule has 4 nitrogen and oxygen atoms in total. The van der Waals surface area contributed by atoms with Crippen LogP contribution in [0.1, 0.15) is 10.4 Å². The van der Waals surface area contributed by atoms with Gasteiger partial charge in [-0.1, -0.05) is 23.2 Å². The fraction of sp³-hybridized carbons (Fsp3) is 0.0667. The molecule has 0 aliphatic heterocycles. The van der Waals surface area contributed by atoms with Crippen LogP contribution in [0.3, 0.4) is 0 Å². The molecule has 0 heterocycles. The lowest BCUT2D eigenvalue weighted by Crippen LogP contribution is -2.22. The molecule has 24 heavy (non-hydrogen) atoms. The number of hydrogen-bond donors (Lipinski definition) is 1. The molecule has 0 aliphatic rings. The molecular weight excluding hydrogens is 370 g/mol. The highest BCUT2D eigenvalue weighted by atomic mass is 35.5. The van der Waals surface area contributed by atoms with Crippen LogP contribution in [-0.2, 0) is 9.53 Å². The average molecular weight is 378 g/mol. The SMILES string of the molecule is O=C(COC(=O)c1cc(Cl)ccc1Cl)Nc1ccc(F)c(F)c1F. The maximum absolute atomic E-state index is 13.4. The Morgan fingerprint density at radius 1 is 1.04 bits per heavy atom. The van der Waals surface area contributed by atoms with Gasteiger partial charge in [0, 0.05) is 5.02 Å². The highest BCUT2D eigenvalue weighted by Gasteiger charge is 2.17. The lowest BCUT2D eigenvalue weighted by molar-refractivity contribution is -0.119. The van der Waals surface area contributed by atoms with Crippen LogP contribution >= 0.6 is 23.2 Å². The summed E-state index contributed by atoms with van der Waals surface area (Å²) in [6.07, 6.45) is 0. The first-order valence-electron chi connectivity index (χ1n) is 6.35. The van der Waals surface area contributed by atoms with Crippen molar-refractivity contribution in [3.8, 4) is 0 Å². The Labute approximate surface area is 144 Å². The standard InChI is InChI=1S/C15H8Cl2F3NO3/c16-7-1-2-9(17)8(5-7)15(23)24-6-12(22)21-11-4-3-10(18)13(19)14(11)20/h1-5H,6H2,(H,21,22). The van der Waals surface area contributed by atoms with Crippen LogP contribution < -0.4 is 5.32 Å². The van der Waals surface area contributed by atoms with E-state index in [2.05, 4.69) is 0 Å².